The fourth-order valence-corrected chi connectivity index (χ4v) is 3.29. The van der Waals surface area contributed by atoms with Gasteiger partial charge in [-0.25, -0.2) is 0 Å². The topological polar surface area (TPSA) is 0 Å². The fraction of sp³-hybridized carbons (Fsp3) is 0.250. The molecule has 1 heteroatoms. The molecule has 2 aromatic rings. The van der Waals surface area contributed by atoms with Gasteiger partial charge in [-0.05, 0) is 37.0 Å². The zero-order valence-electron chi connectivity index (χ0n) is 10.5. The molecule has 0 bridgehead atoms. The van der Waals surface area contributed by atoms with E-state index < -0.39 is 0 Å². The maximum atomic E-state index is 2.27. The minimum absolute atomic E-state index is 0.925. The molecule has 0 heterocycles. The number of benzene rings is 2. The van der Waals surface area contributed by atoms with Gasteiger partial charge in [0.15, 0.2) is 0 Å². The maximum absolute atomic E-state index is 2.27. The summed E-state index contributed by atoms with van der Waals surface area (Å²) >= 11 is 0. The number of hydrogen-bond donors (Lipinski definition) is 0. The summed E-state index contributed by atoms with van der Waals surface area (Å²) in [6.45, 7) is 4.43. The van der Waals surface area contributed by atoms with E-state index in [0.29, 0.717) is 0 Å². The predicted molar refractivity (Wildman–Crippen MR) is 76.3 cm³/mol. The molecule has 86 valence electrons. The summed E-state index contributed by atoms with van der Waals surface area (Å²) in [5.41, 5.74) is 4.33. The molecule has 2 aromatic carbocycles. The van der Waals surface area contributed by atoms with Gasteiger partial charge < -0.3 is 0 Å². The van der Waals surface area contributed by atoms with Crippen LogP contribution < -0.4 is 5.19 Å². The smallest absolute Gasteiger partial charge is 0.0633 e. The Bertz CT molecular complexity index is 474. The molecular formula is C16H18Si. The largest absolute Gasteiger partial charge is 0.0815 e. The molecule has 0 fully saturated rings. The van der Waals surface area contributed by atoms with Crippen molar-refractivity contribution in [3.8, 4) is 0 Å². The van der Waals surface area contributed by atoms with Crippen LogP contribution in [0.4, 0.5) is 0 Å². The highest BCUT2D eigenvalue weighted by molar-refractivity contribution is 6.54. The number of hydrogen-bond acceptors (Lipinski definition) is 0. The van der Waals surface area contributed by atoms with Gasteiger partial charge in [-0.15, -0.1) is 0 Å². The molecule has 0 aliphatic rings. The SMILES string of the molecule is Cc1cccc([Si]CCc2ccccc2)c1C. The van der Waals surface area contributed by atoms with Gasteiger partial charge in [0, 0.05) is 0 Å². The Morgan fingerprint density at radius 1 is 0.882 bits per heavy atom. The summed E-state index contributed by atoms with van der Waals surface area (Å²) in [5.74, 6) is 0. The molecule has 0 unspecified atom stereocenters. The highest BCUT2D eigenvalue weighted by Gasteiger charge is 2.01. The Labute approximate surface area is 107 Å². The highest BCUT2D eigenvalue weighted by Crippen LogP contribution is 2.05. The van der Waals surface area contributed by atoms with Crippen molar-refractivity contribution in [3.63, 3.8) is 0 Å². The first-order chi connectivity index (χ1) is 8.27. The van der Waals surface area contributed by atoms with Gasteiger partial charge in [0.2, 0.25) is 0 Å². The van der Waals surface area contributed by atoms with Crippen molar-refractivity contribution in [2.45, 2.75) is 26.3 Å². The lowest BCUT2D eigenvalue weighted by atomic mass is 10.1. The Balaban J connectivity index is 1.93. The molecule has 0 nitrogen and oxygen atoms in total. The second-order valence-corrected chi connectivity index (χ2v) is 5.80. The Hall–Kier alpha value is -1.34. The van der Waals surface area contributed by atoms with Crippen LogP contribution in [0.1, 0.15) is 16.7 Å². The minimum Gasteiger partial charge on any atom is -0.0633 e. The van der Waals surface area contributed by atoms with E-state index >= 15 is 0 Å². The average molecular weight is 238 g/mol. The van der Waals surface area contributed by atoms with Crippen LogP contribution in [-0.4, -0.2) is 9.52 Å². The third-order valence-electron chi connectivity index (χ3n) is 3.18. The van der Waals surface area contributed by atoms with Crippen molar-refractivity contribution >= 4 is 14.7 Å². The summed E-state index contributed by atoms with van der Waals surface area (Å²) < 4.78 is 0. The molecule has 0 aromatic heterocycles. The van der Waals surface area contributed by atoms with Crippen LogP contribution in [0, 0.1) is 13.8 Å². The van der Waals surface area contributed by atoms with Gasteiger partial charge in [0.25, 0.3) is 0 Å². The molecular weight excluding hydrogens is 220 g/mol. The van der Waals surface area contributed by atoms with Crippen LogP contribution in [0.5, 0.6) is 0 Å². The Morgan fingerprint density at radius 3 is 2.41 bits per heavy atom. The third-order valence-corrected chi connectivity index (χ3v) is 4.60. The average Bonchev–Trinajstić information content (AvgIpc) is 2.36. The Kier molecular flexibility index (Phi) is 4.16. The number of aryl methyl sites for hydroxylation is 2. The van der Waals surface area contributed by atoms with Crippen LogP contribution in [0.2, 0.25) is 6.04 Å². The summed E-state index contributed by atoms with van der Waals surface area (Å²) in [6, 6.07) is 18.7. The first kappa shape index (κ1) is 12.1. The second-order valence-electron chi connectivity index (χ2n) is 4.41. The van der Waals surface area contributed by atoms with Crippen LogP contribution in [0.15, 0.2) is 48.5 Å². The third kappa shape index (κ3) is 3.30. The van der Waals surface area contributed by atoms with Crippen molar-refractivity contribution in [3.05, 3.63) is 65.2 Å². The van der Waals surface area contributed by atoms with Crippen molar-refractivity contribution in [1.82, 2.24) is 0 Å². The van der Waals surface area contributed by atoms with E-state index in [1.165, 1.54) is 34.3 Å². The van der Waals surface area contributed by atoms with E-state index in [4.69, 9.17) is 0 Å². The van der Waals surface area contributed by atoms with E-state index in [9.17, 15) is 0 Å². The van der Waals surface area contributed by atoms with Gasteiger partial charge in [-0.2, -0.15) is 0 Å². The molecule has 0 saturated heterocycles. The van der Waals surface area contributed by atoms with Gasteiger partial charge in [0.05, 0.1) is 9.52 Å². The van der Waals surface area contributed by atoms with E-state index in [1.807, 2.05) is 0 Å². The molecule has 0 aliphatic heterocycles. The molecule has 0 N–H and O–H groups in total. The van der Waals surface area contributed by atoms with Gasteiger partial charge in [-0.1, -0.05) is 59.8 Å². The normalized spacial score (nSPS) is 10.5. The first-order valence-corrected chi connectivity index (χ1v) is 7.32. The quantitative estimate of drug-likeness (QED) is 0.717. The van der Waals surface area contributed by atoms with Crippen LogP contribution in [0.3, 0.4) is 0 Å². The predicted octanol–water partition coefficient (Wildman–Crippen LogP) is 3.29. The minimum atomic E-state index is 0.925. The monoisotopic (exact) mass is 238 g/mol. The zero-order valence-corrected chi connectivity index (χ0v) is 11.5. The van der Waals surface area contributed by atoms with E-state index in [0.717, 1.165) is 9.52 Å². The van der Waals surface area contributed by atoms with Crippen LogP contribution in [-0.2, 0) is 6.42 Å². The molecule has 0 aliphatic carbocycles. The number of rotatable bonds is 4. The molecule has 2 rings (SSSR count). The van der Waals surface area contributed by atoms with Gasteiger partial charge in [-0.3, -0.25) is 0 Å². The maximum Gasteiger partial charge on any atom is 0.0815 e. The summed E-state index contributed by atoms with van der Waals surface area (Å²) in [6.07, 6.45) is 1.19. The Morgan fingerprint density at radius 2 is 1.65 bits per heavy atom. The van der Waals surface area contributed by atoms with Crippen molar-refractivity contribution in [1.29, 1.82) is 0 Å². The molecule has 17 heavy (non-hydrogen) atoms. The van der Waals surface area contributed by atoms with E-state index in [2.05, 4.69) is 62.4 Å². The lowest BCUT2D eigenvalue weighted by Crippen LogP contribution is -2.18. The molecule has 0 atom stereocenters. The van der Waals surface area contributed by atoms with Crippen molar-refractivity contribution in [2.75, 3.05) is 0 Å². The van der Waals surface area contributed by atoms with Crippen molar-refractivity contribution in [2.24, 2.45) is 0 Å². The lowest BCUT2D eigenvalue weighted by Gasteiger charge is -2.07. The first-order valence-electron chi connectivity index (χ1n) is 6.11. The molecule has 0 saturated carbocycles. The molecule has 2 radical (unpaired) electrons. The lowest BCUT2D eigenvalue weighted by molar-refractivity contribution is 1.13. The van der Waals surface area contributed by atoms with Gasteiger partial charge >= 0.3 is 0 Å². The van der Waals surface area contributed by atoms with Crippen LogP contribution >= 0.6 is 0 Å². The van der Waals surface area contributed by atoms with Gasteiger partial charge in [0.1, 0.15) is 0 Å². The highest BCUT2D eigenvalue weighted by atomic mass is 28.2. The standard InChI is InChI=1S/C16H18Si/c1-13-7-6-10-16(14(13)2)17-12-11-15-8-4-3-5-9-15/h3-10H,11-12H2,1-2H3. The fourth-order valence-electron chi connectivity index (χ4n) is 1.93. The van der Waals surface area contributed by atoms with Crippen LogP contribution in [0.25, 0.3) is 0 Å². The zero-order chi connectivity index (χ0) is 12.1. The van der Waals surface area contributed by atoms with E-state index in [1.54, 1.807) is 0 Å². The summed E-state index contributed by atoms with van der Waals surface area (Å²) in [5, 5.41) is 1.53. The summed E-state index contributed by atoms with van der Waals surface area (Å²) in [4.78, 5) is 0. The second kappa shape index (κ2) is 5.83. The summed E-state index contributed by atoms with van der Waals surface area (Å²) in [7, 11) is 0.925. The molecule has 0 spiro atoms. The molecule has 0 amide bonds. The van der Waals surface area contributed by atoms with Crippen molar-refractivity contribution < 1.29 is 0 Å². The van der Waals surface area contributed by atoms with E-state index in [-0.39, 0.29) is 0 Å².